The van der Waals surface area contributed by atoms with Gasteiger partial charge in [-0.25, -0.2) is 0 Å². The van der Waals surface area contributed by atoms with Crippen LogP contribution in [-0.4, -0.2) is 8.75 Å². The van der Waals surface area contributed by atoms with Gasteiger partial charge in [-0.15, -0.1) is 22.7 Å². The van der Waals surface area contributed by atoms with E-state index in [9.17, 15) is 0 Å². The molecule has 3 heterocycles. The highest BCUT2D eigenvalue weighted by Gasteiger charge is 2.18. The van der Waals surface area contributed by atoms with E-state index in [0.29, 0.717) is 0 Å². The normalized spacial score (nSPS) is 12.1. The van der Waals surface area contributed by atoms with E-state index in [1.807, 2.05) is 22.7 Å². The van der Waals surface area contributed by atoms with Gasteiger partial charge >= 0.3 is 0 Å². The fourth-order valence-electron chi connectivity index (χ4n) is 4.31. The molecule has 0 fully saturated rings. The summed E-state index contributed by atoms with van der Waals surface area (Å²) in [4.78, 5) is 2.72. The lowest BCUT2D eigenvalue weighted by Gasteiger charge is -2.03. The fraction of sp³-hybridized carbons (Fsp3) is 0.167. The molecule has 3 aromatic carbocycles. The Morgan fingerprint density at radius 1 is 0.621 bits per heavy atom. The van der Waals surface area contributed by atoms with Gasteiger partial charge in [-0.2, -0.15) is 8.75 Å². The van der Waals surface area contributed by atoms with Gasteiger partial charge in [0.1, 0.15) is 11.0 Å². The molecule has 0 spiro atoms. The van der Waals surface area contributed by atoms with Gasteiger partial charge in [-0.1, -0.05) is 36.4 Å². The standard InChI is InChI=1S/C24H18N2S3/c1-11-5-6-19(21-20(11)25-29-26-21)22-13(3)16-8-10-17-18(24(16)28-22)9-7-15-12(2)14(4)27-23(15)17/h5-10H,1-4H3. The van der Waals surface area contributed by atoms with Gasteiger partial charge in [0.2, 0.25) is 0 Å². The van der Waals surface area contributed by atoms with E-state index >= 15 is 0 Å². The molecule has 0 bridgehead atoms. The Morgan fingerprint density at radius 2 is 1.24 bits per heavy atom. The minimum atomic E-state index is 1.03. The lowest BCUT2D eigenvalue weighted by atomic mass is 10.0. The van der Waals surface area contributed by atoms with Crippen molar-refractivity contribution in [2.75, 3.05) is 0 Å². The molecular weight excluding hydrogens is 412 g/mol. The van der Waals surface area contributed by atoms with E-state index in [2.05, 4.69) is 72.8 Å². The number of hydrogen-bond donors (Lipinski definition) is 0. The number of rotatable bonds is 1. The van der Waals surface area contributed by atoms with Crippen LogP contribution in [0.1, 0.15) is 21.6 Å². The van der Waals surface area contributed by atoms with Gasteiger partial charge in [0.15, 0.2) is 0 Å². The van der Waals surface area contributed by atoms with Crippen molar-refractivity contribution in [2.24, 2.45) is 0 Å². The van der Waals surface area contributed by atoms with Crippen LogP contribution in [0.25, 0.3) is 52.4 Å². The van der Waals surface area contributed by atoms with Crippen molar-refractivity contribution in [1.29, 1.82) is 0 Å². The van der Waals surface area contributed by atoms with Crippen LogP contribution in [0.2, 0.25) is 0 Å². The van der Waals surface area contributed by atoms with Crippen molar-refractivity contribution in [2.45, 2.75) is 27.7 Å². The van der Waals surface area contributed by atoms with Gasteiger partial charge in [0, 0.05) is 35.5 Å². The number of fused-ring (bicyclic) bond motifs is 6. The Kier molecular flexibility index (Phi) is 3.67. The maximum absolute atomic E-state index is 4.62. The number of aromatic nitrogens is 2. The minimum absolute atomic E-state index is 1.03. The smallest absolute Gasteiger partial charge is 0.113 e. The highest BCUT2D eigenvalue weighted by atomic mass is 32.1. The summed E-state index contributed by atoms with van der Waals surface area (Å²) >= 11 is 5.11. The quantitative estimate of drug-likeness (QED) is 0.263. The van der Waals surface area contributed by atoms with E-state index in [1.54, 1.807) is 0 Å². The lowest BCUT2D eigenvalue weighted by molar-refractivity contribution is 1.47. The first-order chi connectivity index (χ1) is 14.0. The first-order valence-corrected chi connectivity index (χ1v) is 12.0. The molecule has 0 aliphatic rings. The Bertz CT molecular complexity index is 1600. The first-order valence-electron chi connectivity index (χ1n) is 9.61. The summed E-state index contributed by atoms with van der Waals surface area (Å²) in [6.45, 7) is 8.80. The summed E-state index contributed by atoms with van der Waals surface area (Å²) in [5, 5.41) is 5.46. The Balaban J connectivity index is 1.71. The minimum Gasteiger partial charge on any atom is -0.173 e. The van der Waals surface area contributed by atoms with E-state index < -0.39 is 0 Å². The third kappa shape index (κ3) is 2.32. The van der Waals surface area contributed by atoms with E-state index in [-0.39, 0.29) is 0 Å². The van der Waals surface area contributed by atoms with Crippen molar-refractivity contribution < 1.29 is 0 Å². The van der Waals surface area contributed by atoms with Gasteiger partial charge in [0.05, 0.1) is 11.7 Å². The molecule has 0 amide bonds. The van der Waals surface area contributed by atoms with Crippen LogP contribution >= 0.6 is 34.4 Å². The van der Waals surface area contributed by atoms with Gasteiger partial charge in [-0.3, -0.25) is 0 Å². The van der Waals surface area contributed by atoms with Crippen LogP contribution in [0.3, 0.4) is 0 Å². The molecule has 6 aromatic rings. The molecule has 3 aromatic heterocycles. The predicted molar refractivity (Wildman–Crippen MR) is 130 cm³/mol. The summed E-state index contributed by atoms with van der Waals surface area (Å²) in [6.07, 6.45) is 0. The van der Waals surface area contributed by atoms with E-state index in [0.717, 1.165) is 11.0 Å². The molecule has 0 unspecified atom stereocenters. The molecule has 0 aliphatic carbocycles. The van der Waals surface area contributed by atoms with Crippen LogP contribution in [0.5, 0.6) is 0 Å². The van der Waals surface area contributed by atoms with Gasteiger partial charge < -0.3 is 0 Å². The zero-order valence-electron chi connectivity index (χ0n) is 16.6. The average molecular weight is 431 g/mol. The first kappa shape index (κ1) is 17.5. The molecule has 0 saturated heterocycles. The van der Waals surface area contributed by atoms with Crippen LogP contribution in [-0.2, 0) is 0 Å². The monoisotopic (exact) mass is 430 g/mol. The summed E-state index contributed by atoms with van der Waals surface area (Å²) in [5.41, 5.74) is 7.20. The summed E-state index contributed by atoms with van der Waals surface area (Å²) < 4.78 is 11.9. The molecule has 6 rings (SSSR count). The summed E-state index contributed by atoms with van der Waals surface area (Å²) in [6, 6.07) is 13.6. The van der Waals surface area contributed by atoms with Crippen LogP contribution < -0.4 is 0 Å². The van der Waals surface area contributed by atoms with Crippen molar-refractivity contribution >= 4 is 76.4 Å². The van der Waals surface area contributed by atoms with E-state index in [4.69, 9.17) is 0 Å². The van der Waals surface area contributed by atoms with Crippen LogP contribution in [0.4, 0.5) is 0 Å². The number of hydrogen-bond acceptors (Lipinski definition) is 5. The third-order valence-corrected chi connectivity index (χ3v) is 9.26. The largest absolute Gasteiger partial charge is 0.173 e. The van der Waals surface area contributed by atoms with Crippen LogP contribution in [0, 0.1) is 27.7 Å². The molecule has 2 nitrogen and oxygen atoms in total. The fourth-order valence-corrected chi connectivity index (χ4v) is 7.48. The molecule has 0 atom stereocenters. The SMILES string of the molecule is Cc1sc2c(ccc3c2ccc2c(C)c(-c4ccc(C)c5nsnc45)sc23)c1C. The lowest BCUT2D eigenvalue weighted by Crippen LogP contribution is -1.83. The molecule has 0 aliphatic heterocycles. The average Bonchev–Trinajstić information content (AvgIpc) is 3.41. The summed E-state index contributed by atoms with van der Waals surface area (Å²) in [5.74, 6) is 0. The third-order valence-electron chi connectivity index (χ3n) is 6.10. The highest BCUT2D eigenvalue weighted by Crippen LogP contribution is 2.45. The zero-order valence-corrected chi connectivity index (χ0v) is 19.0. The van der Waals surface area contributed by atoms with Gasteiger partial charge in [-0.05, 0) is 55.2 Å². The topological polar surface area (TPSA) is 25.8 Å². The predicted octanol–water partition coefficient (Wildman–Crippen LogP) is 8.17. The molecule has 29 heavy (non-hydrogen) atoms. The van der Waals surface area contributed by atoms with Crippen molar-refractivity contribution in [3.05, 3.63) is 58.0 Å². The second-order valence-electron chi connectivity index (χ2n) is 7.71. The maximum atomic E-state index is 4.62. The van der Waals surface area contributed by atoms with Crippen molar-refractivity contribution in [3.8, 4) is 10.4 Å². The molecule has 0 radical (unpaired) electrons. The van der Waals surface area contributed by atoms with Crippen LogP contribution in [0.15, 0.2) is 36.4 Å². The zero-order chi connectivity index (χ0) is 19.9. The molecular formula is C24H18N2S3. The number of nitrogens with zero attached hydrogens (tertiary/aromatic N) is 2. The van der Waals surface area contributed by atoms with E-state index in [1.165, 1.54) is 74.7 Å². The van der Waals surface area contributed by atoms with Crippen molar-refractivity contribution in [1.82, 2.24) is 8.75 Å². The number of benzene rings is 3. The molecule has 5 heteroatoms. The van der Waals surface area contributed by atoms with Gasteiger partial charge in [0.25, 0.3) is 0 Å². The summed E-state index contributed by atoms with van der Waals surface area (Å²) in [7, 11) is 0. The maximum Gasteiger partial charge on any atom is 0.113 e. The van der Waals surface area contributed by atoms with Crippen molar-refractivity contribution in [3.63, 3.8) is 0 Å². The number of thiophene rings is 2. The Hall–Kier alpha value is -2.34. The highest BCUT2D eigenvalue weighted by molar-refractivity contribution is 7.24. The second kappa shape index (κ2) is 6.08. The molecule has 0 saturated carbocycles. The Morgan fingerprint density at radius 3 is 2.00 bits per heavy atom. The molecule has 142 valence electrons. The number of aryl methyl sites for hydroxylation is 4. The Labute approximate surface area is 180 Å². The second-order valence-corrected chi connectivity index (χ2v) is 10.5. The molecule has 0 N–H and O–H groups in total.